The standard InChI is InChI=1S/C21H25N3O4S/c1-15-18(20(22)25)6-5-7-19(15)23-21(26)17-10-8-16(9-11-17)14-29(27,28)24-12-3-2-4-13-24/h5-11H,2-4,12-14H2,1H3,(H2,22,25)(H,23,26). The maximum Gasteiger partial charge on any atom is 0.255 e. The smallest absolute Gasteiger partial charge is 0.255 e. The van der Waals surface area contributed by atoms with Crippen molar-refractivity contribution in [1.82, 2.24) is 4.31 Å². The van der Waals surface area contributed by atoms with Gasteiger partial charge in [0.15, 0.2) is 0 Å². The Labute approximate surface area is 171 Å². The third-order valence-corrected chi connectivity index (χ3v) is 6.97. The maximum absolute atomic E-state index is 12.5. The summed E-state index contributed by atoms with van der Waals surface area (Å²) in [7, 11) is -3.35. The molecule has 1 heterocycles. The van der Waals surface area contributed by atoms with Gasteiger partial charge in [-0.2, -0.15) is 0 Å². The largest absolute Gasteiger partial charge is 0.366 e. The van der Waals surface area contributed by atoms with E-state index in [4.69, 9.17) is 5.73 Å². The molecule has 3 N–H and O–H groups in total. The van der Waals surface area contributed by atoms with Crippen LogP contribution >= 0.6 is 0 Å². The van der Waals surface area contributed by atoms with Crippen molar-refractivity contribution >= 4 is 27.5 Å². The van der Waals surface area contributed by atoms with E-state index in [0.29, 0.717) is 41.0 Å². The summed E-state index contributed by atoms with van der Waals surface area (Å²) >= 11 is 0. The number of carbonyl (C=O) groups excluding carboxylic acids is 2. The quantitative estimate of drug-likeness (QED) is 0.756. The summed E-state index contributed by atoms with van der Waals surface area (Å²) in [6.07, 6.45) is 2.86. The molecule has 0 unspecified atom stereocenters. The summed E-state index contributed by atoms with van der Waals surface area (Å²) < 4.78 is 26.6. The van der Waals surface area contributed by atoms with E-state index in [1.165, 1.54) is 0 Å². The Morgan fingerprint density at radius 2 is 1.69 bits per heavy atom. The zero-order valence-corrected chi connectivity index (χ0v) is 17.2. The van der Waals surface area contributed by atoms with E-state index >= 15 is 0 Å². The van der Waals surface area contributed by atoms with Crippen LogP contribution in [0.5, 0.6) is 0 Å². The average Bonchev–Trinajstić information content (AvgIpc) is 2.70. The number of hydrogen-bond acceptors (Lipinski definition) is 4. The van der Waals surface area contributed by atoms with Crippen LogP contribution in [-0.4, -0.2) is 37.6 Å². The van der Waals surface area contributed by atoms with E-state index in [-0.39, 0.29) is 11.7 Å². The number of nitrogens with zero attached hydrogens (tertiary/aromatic N) is 1. The van der Waals surface area contributed by atoms with Gasteiger partial charge >= 0.3 is 0 Å². The first kappa shape index (κ1) is 21.0. The van der Waals surface area contributed by atoms with Crippen LogP contribution in [0.1, 0.15) is 51.1 Å². The molecule has 0 radical (unpaired) electrons. The second-order valence-electron chi connectivity index (χ2n) is 7.21. The van der Waals surface area contributed by atoms with Crippen LogP contribution in [0.25, 0.3) is 0 Å². The molecule has 2 aromatic carbocycles. The lowest BCUT2D eigenvalue weighted by molar-refractivity contribution is 0.0995. The topological polar surface area (TPSA) is 110 Å². The molecule has 8 heteroatoms. The van der Waals surface area contributed by atoms with Gasteiger partial charge in [-0.25, -0.2) is 12.7 Å². The van der Waals surface area contributed by atoms with Crippen LogP contribution in [0.4, 0.5) is 5.69 Å². The first-order valence-corrected chi connectivity index (χ1v) is 11.2. The van der Waals surface area contributed by atoms with Gasteiger partial charge in [0.25, 0.3) is 5.91 Å². The van der Waals surface area contributed by atoms with Crippen LogP contribution in [0, 0.1) is 6.92 Å². The Morgan fingerprint density at radius 3 is 2.31 bits per heavy atom. The number of anilines is 1. The highest BCUT2D eigenvalue weighted by atomic mass is 32.2. The Balaban J connectivity index is 1.69. The van der Waals surface area contributed by atoms with Gasteiger partial charge < -0.3 is 11.1 Å². The Hall–Kier alpha value is -2.71. The molecule has 29 heavy (non-hydrogen) atoms. The van der Waals surface area contributed by atoms with Crippen molar-refractivity contribution < 1.29 is 18.0 Å². The van der Waals surface area contributed by atoms with Crippen molar-refractivity contribution in [2.45, 2.75) is 31.9 Å². The van der Waals surface area contributed by atoms with Crippen molar-refractivity contribution in [2.24, 2.45) is 5.73 Å². The summed E-state index contributed by atoms with van der Waals surface area (Å²) in [5.74, 6) is -0.979. The van der Waals surface area contributed by atoms with E-state index < -0.39 is 15.9 Å². The fourth-order valence-corrected chi connectivity index (χ4v) is 5.04. The van der Waals surface area contributed by atoms with Gasteiger partial charge in [0.05, 0.1) is 5.75 Å². The van der Waals surface area contributed by atoms with Gasteiger partial charge in [0.1, 0.15) is 0 Å². The second-order valence-corrected chi connectivity index (χ2v) is 9.18. The molecule has 1 fully saturated rings. The minimum Gasteiger partial charge on any atom is -0.366 e. The molecule has 154 valence electrons. The van der Waals surface area contributed by atoms with Crippen molar-refractivity contribution in [3.63, 3.8) is 0 Å². The third kappa shape index (κ3) is 5.02. The molecule has 2 amide bonds. The molecule has 1 saturated heterocycles. The van der Waals surface area contributed by atoms with Gasteiger partial charge in [-0.15, -0.1) is 0 Å². The van der Waals surface area contributed by atoms with E-state index in [0.717, 1.165) is 19.3 Å². The van der Waals surface area contributed by atoms with Crippen LogP contribution < -0.4 is 11.1 Å². The Bertz CT molecular complexity index is 1010. The van der Waals surface area contributed by atoms with Crippen LogP contribution in [-0.2, 0) is 15.8 Å². The Morgan fingerprint density at radius 1 is 1.03 bits per heavy atom. The van der Waals surface area contributed by atoms with Crippen LogP contribution in [0.15, 0.2) is 42.5 Å². The monoisotopic (exact) mass is 415 g/mol. The number of benzene rings is 2. The predicted octanol–water partition coefficient (Wildman–Crippen LogP) is 2.66. The molecular formula is C21H25N3O4S. The number of nitrogens with two attached hydrogens (primary N) is 1. The first-order chi connectivity index (χ1) is 13.8. The van der Waals surface area contributed by atoms with E-state index in [1.807, 2.05) is 0 Å². The third-order valence-electron chi connectivity index (χ3n) is 5.12. The van der Waals surface area contributed by atoms with Gasteiger partial charge in [-0.1, -0.05) is 24.6 Å². The molecule has 0 spiro atoms. The molecule has 3 rings (SSSR count). The first-order valence-electron chi connectivity index (χ1n) is 9.55. The number of nitrogens with one attached hydrogen (secondary N) is 1. The molecule has 2 aromatic rings. The molecule has 1 aliphatic rings. The van der Waals surface area contributed by atoms with Crippen molar-refractivity contribution in [3.05, 3.63) is 64.7 Å². The maximum atomic E-state index is 12.5. The molecular weight excluding hydrogens is 390 g/mol. The number of hydrogen-bond donors (Lipinski definition) is 2. The number of sulfonamides is 1. The summed E-state index contributed by atoms with van der Waals surface area (Å²) in [6, 6.07) is 11.5. The lowest BCUT2D eigenvalue weighted by atomic mass is 10.1. The zero-order valence-electron chi connectivity index (χ0n) is 16.3. The SMILES string of the molecule is Cc1c(NC(=O)c2ccc(CS(=O)(=O)N3CCCCC3)cc2)cccc1C(N)=O. The molecule has 1 aliphatic heterocycles. The van der Waals surface area contributed by atoms with Gasteiger partial charge in [0.2, 0.25) is 15.9 Å². The number of carbonyl (C=O) groups is 2. The molecule has 0 aromatic heterocycles. The summed E-state index contributed by atoms with van der Waals surface area (Å²) in [6.45, 7) is 2.86. The summed E-state index contributed by atoms with van der Waals surface area (Å²) in [5.41, 5.74) is 7.82. The van der Waals surface area contributed by atoms with E-state index in [2.05, 4.69) is 5.32 Å². The highest BCUT2D eigenvalue weighted by molar-refractivity contribution is 7.88. The number of piperidine rings is 1. The van der Waals surface area contributed by atoms with Crippen molar-refractivity contribution in [2.75, 3.05) is 18.4 Å². The average molecular weight is 416 g/mol. The lowest BCUT2D eigenvalue weighted by Gasteiger charge is -2.25. The minimum atomic E-state index is -3.35. The molecule has 0 atom stereocenters. The van der Waals surface area contributed by atoms with E-state index in [1.54, 1.807) is 53.7 Å². The van der Waals surface area contributed by atoms with Crippen molar-refractivity contribution in [3.8, 4) is 0 Å². The number of primary amides is 1. The fourth-order valence-electron chi connectivity index (χ4n) is 3.43. The Kier molecular flexibility index (Phi) is 6.34. The predicted molar refractivity (Wildman–Crippen MR) is 112 cm³/mol. The minimum absolute atomic E-state index is 0.0747. The van der Waals surface area contributed by atoms with Gasteiger partial charge in [-0.05, 0) is 55.2 Å². The number of rotatable bonds is 6. The van der Waals surface area contributed by atoms with Crippen LogP contribution in [0.2, 0.25) is 0 Å². The van der Waals surface area contributed by atoms with Crippen molar-refractivity contribution in [1.29, 1.82) is 0 Å². The summed E-state index contributed by atoms with van der Waals surface area (Å²) in [4.78, 5) is 24.0. The molecule has 0 bridgehead atoms. The highest BCUT2D eigenvalue weighted by Crippen LogP contribution is 2.21. The molecule has 7 nitrogen and oxygen atoms in total. The number of amides is 2. The van der Waals surface area contributed by atoms with Gasteiger partial charge in [-0.3, -0.25) is 9.59 Å². The van der Waals surface area contributed by atoms with E-state index in [9.17, 15) is 18.0 Å². The fraction of sp³-hybridized carbons (Fsp3) is 0.333. The molecule has 0 saturated carbocycles. The van der Waals surface area contributed by atoms with Crippen LogP contribution in [0.3, 0.4) is 0 Å². The highest BCUT2D eigenvalue weighted by Gasteiger charge is 2.24. The molecule has 0 aliphatic carbocycles. The lowest BCUT2D eigenvalue weighted by Crippen LogP contribution is -2.36. The zero-order chi connectivity index (χ0) is 21.0. The normalized spacial score (nSPS) is 15.1. The van der Waals surface area contributed by atoms with Gasteiger partial charge in [0, 0.05) is 29.9 Å². The second kappa shape index (κ2) is 8.75. The summed E-state index contributed by atoms with van der Waals surface area (Å²) in [5, 5.41) is 2.77.